The molecule has 0 spiro atoms. The third-order valence-corrected chi connectivity index (χ3v) is 6.59. The minimum Gasteiger partial charge on any atom is -0.301 e. The fourth-order valence-corrected chi connectivity index (χ4v) is 4.87. The van der Waals surface area contributed by atoms with Crippen LogP contribution in [-0.2, 0) is 26.1 Å². The van der Waals surface area contributed by atoms with E-state index in [1.807, 2.05) is 4.68 Å². The summed E-state index contributed by atoms with van der Waals surface area (Å²) < 4.78 is 5.25. The fourth-order valence-electron chi connectivity index (χ4n) is 3.81. The van der Waals surface area contributed by atoms with E-state index in [0.29, 0.717) is 6.04 Å². The van der Waals surface area contributed by atoms with E-state index in [2.05, 4.69) is 51.2 Å². The molecule has 0 bridgehead atoms. The number of benzene rings is 1. The van der Waals surface area contributed by atoms with Crippen molar-refractivity contribution in [3.05, 3.63) is 68.4 Å². The van der Waals surface area contributed by atoms with Crippen LogP contribution in [-0.4, -0.2) is 25.8 Å². The quantitative estimate of drug-likeness (QED) is 0.611. The van der Waals surface area contributed by atoms with Gasteiger partial charge in [-0.3, -0.25) is 4.90 Å². The molecule has 0 atom stereocenters. The lowest BCUT2D eigenvalue weighted by molar-refractivity contribution is 0.187. The molecular formula is C20H22N4S2. The van der Waals surface area contributed by atoms with Crippen LogP contribution in [0.2, 0.25) is 0 Å². The SMILES string of the molecule is S=c1n(CN2CCc3ccccc3C2)nc(Cc2cccs2)n1C1CC1. The van der Waals surface area contributed by atoms with Gasteiger partial charge in [0.2, 0.25) is 0 Å². The summed E-state index contributed by atoms with van der Waals surface area (Å²) in [5.74, 6) is 1.12. The Morgan fingerprint density at radius 1 is 1.12 bits per heavy atom. The van der Waals surface area contributed by atoms with Gasteiger partial charge in [0, 0.05) is 30.4 Å². The van der Waals surface area contributed by atoms with Gasteiger partial charge in [-0.15, -0.1) is 11.3 Å². The zero-order valence-electron chi connectivity index (χ0n) is 14.7. The number of aromatic nitrogens is 3. The summed E-state index contributed by atoms with van der Waals surface area (Å²) >= 11 is 7.61. The van der Waals surface area contributed by atoms with Gasteiger partial charge in [-0.2, -0.15) is 5.10 Å². The van der Waals surface area contributed by atoms with Gasteiger partial charge < -0.3 is 4.57 Å². The van der Waals surface area contributed by atoms with Crippen LogP contribution in [0.15, 0.2) is 41.8 Å². The Morgan fingerprint density at radius 2 is 1.96 bits per heavy atom. The second-order valence-electron chi connectivity index (χ2n) is 7.27. The summed E-state index contributed by atoms with van der Waals surface area (Å²) in [5.41, 5.74) is 2.92. The average molecular weight is 383 g/mol. The molecule has 6 heteroatoms. The maximum atomic E-state index is 5.81. The summed E-state index contributed by atoms with van der Waals surface area (Å²) in [6.07, 6.45) is 4.45. The van der Waals surface area contributed by atoms with E-state index in [9.17, 15) is 0 Å². The molecule has 2 aromatic heterocycles. The van der Waals surface area contributed by atoms with Crippen molar-refractivity contribution in [3.63, 3.8) is 0 Å². The third kappa shape index (κ3) is 3.17. The summed E-state index contributed by atoms with van der Waals surface area (Å²) in [4.78, 5) is 3.81. The van der Waals surface area contributed by atoms with Gasteiger partial charge >= 0.3 is 0 Å². The molecule has 26 heavy (non-hydrogen) atoms. The van der Waals surface area contributed by atoms with E-state index >= 15 is 0 Å². The van der Waals surface area contributed by atoms with Crippen LogP contribution in [0.1, 0.15) is 40.7 Å². The van der Waals surface area contributed by atoms with Gasteiger partial charge in [0.1, 0.15) is 5.82 Å². The minimum atomic E-state index is 0.563. The van der Waals surface area contributed by atoms with Crippen molar-refractivity contribution in [1.82, 2.24) is 19.2 Å². The number of fused-ring (bicyclic) bond motifs is 1. The lowest BCUT2D eigenvalue weighted by Gasteiger charge is -2.28. The van der Waals surface area contributed by atoms with Crippen LogP contribution in [0, 0.1) is 4.77 Å². The largest absolute Gasteiger partial charge is 0.301 e. The molecule has 1 fully saturated rings. The van der Waals surface area contributed by atoms with Crippen LogP contribution in [0.5, 0.6) is 0 Å². The van der Waals surface area contributed by atoms with Crippen molar-refractivity contribution in [2.45, 2.75) is 44.9 Å². The van der Waals surface area contributed by atoms with Gasteiger partial charge in [-0.25, -0.2) is 4.68 Å². The van der Waals surface area contributed by atoms with Gasteiger partial charge in [-0.05, 0) is 54.1 Å². The van der Waals surface area contributed by atoms with E-state index in [-0.39, 0.29) is 0 Å². The fraction of sp³-hybridized carbons (Fsp3) is 0.400. The number of thiophene rings is 1. The van der Waals surface area contributed by atoms with Gasteiger partial charge in [0.15, 0.2) is 4.77 Å². The average Bonchev–Trinajstić information content (AvgIpc) is 3.27. The molecule has 5 rings (SSSR count). The van der Waals surface area contributed by atoms with Crippen LogP contribution in [0.3, 0.4) is 0 Å². The van der Waals surface area contributed by atoms with Crippen LogP contribution < -0.4 is 0 Å². The lowest BCUT2D eigenvalue weighted by atomic mass is 10.0. The Hall–Kier alpha value is -1.76. The number of hydrogen-bond acceptors (Lipinski definition) is 4. The molecule has 3 heterocycles. The van der Waals surface area contributed by atoms with E-state index < -0.39 is 0 Å². The molecule has 1 aromatic carbocycles. The predicted octanol–water partition coefficient (Wildman–Crippen LogP) is 4.42. The standard InChI is InChI=1S/C20H22N4S2/c25-20-23(14-22-10-9-15-4-1-2-5-16(15)13-22)21-19(24(20)17-7-8-17)12-18-6-3-11-26-18/h1-6,11,17H,7-10,12-14H2. The smallest absolute Gasteiger partial charge is 0.199 e. The van der Waals surface area contributed by atoms with Gasteiger partial charge in [0.05, 0.1) is 6.67 Å². The molecule has 0 radical (unpaired) electrons. The Balaban J connectivity index is 1.40. The lowest BCUT2D eigenvalue weighted by Crippen LogP contribution is -2.32. The summed E-state index contributed by atoms with van der Waals surface area (Å²) in [7, 11) is 0. The molecule has 1 saturated carbocycles. The molecule has 1 aliphatic carbocycles. The molecule has 4 nitrogen and oxygen atoms in total. The summed E-state index contributed by atoms with van der Waals surface area (Å²) in [6.45, 7) is 2.83. The van der Waals surface area contributed by atoms with E-state index in [1.165, 1.54) is 28.8 Å². The maximum Gasteiger partial charge on any atom is 0.199 e. The van der Waals surface area contributed by atoms with Gasteiger partial charge in [-0.1, -0.05) is 30.3 Å². The van der Waals surface area contributed by atoms with Crippen LogP contribution in [0.25, 0.3) is 0 Å². The number of hydrogen-bond donors (Lipinski definition) is 0. The molecule has 0 amide bonds. The second-order valence-corrected chi connectivity index (χ2v) is 8.67. The molecule has 0 saturated heterocycles. The zero-order chi connectivity index (χ0) is 17.5. The van der Waals surface area contributed by atoms with E-state index in [1.54, 1.807) is 11.3 Å². The Kier molecular flexibility index (Phi) is 4.27. The van der Waals surface area contributed by atoms with Crippen molar-refractivity contribution in [2.24, 2.45) is 0 Å². The summed E-state index contributed by atoms with van der Waals surface area (Å²) in [6, 6.07) is 13.6. The highest BCUT2D eigenvalue weighted by atomic mass is 32.1. The van der Waals surface area contributed by atoms with Crippen molar-refractivity contribution in [3.8, 4) is 0 Å². The summed E-state index contributed by atoms with van der Waals surface area (Å²) in [5, 5.41) is 7.07. The molecule has 134 valence electrons. The highest BCUT2D eigenvalue weighted by Crippen LogP contribution is 2.36. The highest BCUT2D eigenvalue weighted by molar-refractivity contribution is 7.71. The third-order valence-electron chi connectivity index (χ3n) is 5.31. The Morgan fingerprint density at radius 3 is 2.73 bits per heavy atom. The van der Waals surface area contributed by atoms with Gasteiger partial charge in [0.25, 0.3) is 0 Å². The molecule has 1 aliphatic heterocycles. The maximum absolute atomic E-state index is 5.81. The molecule has 0 N–H and O–H groups in total. The monoisotopic (exact) mass is 382 g/mol. The molecule has 0 unspecified atom stereocenters. The first kappa shape index (κ1) is 16.4. The topological polar surface area (TPSA) is 26.0 Å². The minimum absolute atomic E-state index is 0.563. The number of rotatable bonds is 5. The first-order valence-corrected chi connectivity index (χ1v) is 10.6. The number of nitrogens with zero attached hydrogens (tertiary/aromatic N) is 4. The highest BCUT2D eigenvalue weighted by Gasteiger charge is 2.29. The second kappa shape index (κ2) is 6.76. The van der Waals surface area contributed by atoms with Crippen LogP contribution in [0.4, 0.5) is 0 Å². The first-order valence-electron chi connectivity index (χ1n) is 9.27. The van der Waals surface area contributed by atoms with Crippen molar-refractivity contribution < 1.29 is 0 Å². The van der Waals surface area contributed by atoms with E-state index in [4.69, 9.17) is 17.3 Å². The molecule has 2 aliphatic rings. The van der Waals surface area contributed by atoms with Crippen molar-refractivity contribution in [2.75, 3.05) is 6.54 Å². The van der Waals surface area contributed by atoms with Crippen LogP contribution >= 0.6 is 23.6 Å². The Bertz CT molecular complexity index is 966. The zero-order valence-corrected chi connectivity index (χ0v) is 16.3. The van der Waals surface area contributed by atoms with Crippen molar-refractivity contribution in [1.29, 1.82) is 0 Å². The first-order chi connectivity index (χ1) is 12.8. The Labute approximate surface area is 162 Å². The normalized spacial score (nSPS) is 17.4. The predicted molar refractivity (Wildman–Crippen MR) is 107 cm³/mol. The molecule has 3 aromatic rings. The molecular weight excluding hydrogens is 360 g/mol. The van der Waals surface area contributed by atoms with Crippen molar-refractivity contribution >= 4 is 23.6 Å². The van der Waals surface area contributed by atoms with E-state index in [0.717, 1.165) is 43.2 Å².